The molecule has 9 aromatic rings. The van der Waals surface area contributed by atoms with Gasteiger partial charge in [0.25, 0.3) is 0 Å². The highest BCUT2D eigenvalue weighted by Crippen LogP contribution is 2.53. The van der Waals surface area contributed by atoms with Crippen molar-refractivity contribution in [1.29, 1.82) is 0 Å². The second kappa shape index (κ2) is 14.5. The maximum atomic E-state index is 5.13. The van der Waals surface area contributed by atoms with Gasteiger partial charge in [0.15, 0.2) is 11.7 Å². The third-order valence-electron chi connectivity index (χ3n) is 10.7. The summed E-state index contributed by atoms with van der Waals surface area (Å²) in [7, 11) is 0. The van der Waals surface area contributed by atoms with Crippen LogP contribution in [0.5, 0.6) is 0 Å². The van der Waals surface area contributed by atoms with Crippen LogP contribution in [0.3, 0.4) is 0 Å². The largest absolute Gasteiger partial charge is 0.309 e. The SMILES string of the molecule is C=NC(=NC(=NCc1ccc2c(c1)c1ccc3c(c1n2-c1ccccc1)-c1ccccc1N(c1ccccc1)c1ccccc1-3)c1ccccc1)c1ccccc1. The first-order chi connectivity index (χ1) is 28.3. The number of para-hydroxylation sites is 4. The number of aliphatic imine (C=N–C) groups is 3. The van der Waals surface area contributed by atoms with Crippen molar-refractivity contribution >= 4 is 57.3 Å². The highest BCUT2D eigenvalue weighted by Gasteiger charge is 2.29. The van der Waals surface area contributed by atoms with Crippen LogP contribution >= 0.6 is 0 Å². The molecule has 1 aromatic heterocycles. The fourth-order valence-corrected chi connectivity index (χ4v) is 8.18. The number of amidine groups is 2. The molecule has 0 aliphatic carbocycles. The van der Waals surface area contributed by atoms with Crippen molar-refractivity contribution in [2.75, 3.05) is 4.90 Å². The Morgan fingerprint density at radius 1 is 0.474 bits per heavy atom. The van der Waals surface area contributed by atoms with E-state index in [4.69, 9.17) is 9.98 Å². The Morgan fingerprint density at radius 3 is 1.70 bits per heavy atom. The van der Waals surface area contributed by atoms with E-state index in [-0.39, 0.29) is 0 Å². The lowest BCUT2D eigenvalue weighted by molar-refractivity contribution is 1.06. The molecule has 0 N–H and O–H groups in total. The summed E-state index contributed by atoms with van der Waals surface area (Å²) in [6.07, 6.45) is 0. The Hall–Kier alpha value is -7.63. The standard InChI is InChI=1S/C52H37N5/c1-53-51(37-18-6-2-7-19-37)55-52(38-20-8-3-9-21-38)54-35-36-30-33-48-45(34-36)43-32-31-42-41-26-14-16-28-46(41)56(39-22-10-4-11-23-39)47-29-17-15-27-44(47)49(42)50(43)57(48)40-24-12-5-13-25-40/h2-34H,1,35H2. The molecular formula is C52H37N5. The molecule has 2 heterocycles. The molecule has 8 aromatic carbocycles. The van der Waals surface area contributed by atoms with Crippen LogP contribution in [0.1, 0.15) is 16.7 Å². The van der Waals surface area contributed by atoms with Crippen molar-refractivity contribution in [3.05, 3.63) is 217 Å². The second-order valence-corrected chi connectivity index (χ2v) is 14.1. The smallest absolute Gasteiger partial charge is 0.161 e. The summed E-state index contributed by atoms with van der Waals surface area (Å²) in [5, 5.41) is 2.35. The van der Waals surface area contributed by atoms with E-state index in [1.807, 2.05) is 60.7 Å². The van der Waals surface area contributed by atoms with Crippen molar-refractivity contribution in [2.45, 2.75) is 6.54 Å². The summed E-state index contributed by atoms with van der Waals surface area (Å²) < 4.78 is 2.44. The van der Waals surface area contributed by atoms with E-state index in [2.05, 4.69) is 161 Å². The van der Waals surface area contributed by atoms with Crippen LogP contribution < -0.4 is 4.90 Å². The van der Waals surface area contributed by atoms with E-state index in [0.717, 1.165) is 45.0 Å². The molecule has 270 valence electrons. The van der Waals surface area contributed by atoms with Gasteiger partial charge < -0.3 is 9.47 Å². The summed E-state index contributed by atoms with van der Waals surface area (Å²) in [6, 6.07) is 70.3. The molecule has 1 aliphatic rings. The van der Waals surface area contributed by atoms with Crippen LogP contribution in [0, 0.1) is 0 Å². The highest BCUT2D eigenvalue weighted by molar-refractivity contribution is 6.19. The van der Waals surface area contributed by atoms with Crippen LogP contribution in [0.15, 0.2) is 215 Å². The van der Waals surface area contributed by atoms with Crippen LogP contribution in [-0.4, -0.2) is 23.0 Å². The highest BCUT2D eigenvalue weighted by atomic mass is 15.1. The van der Waals surface area contributed by atoms with Gasteiger partial charge in [-0.25, -0.2) is 9.98 Å². The van der Waals surface area contributed by atoms with E-state index >= 15 is 0 Å². The van der Waals surface area contributed by atoms with Crippen LogP contribution in [0.25, 0.3) is 49.7 Å². The van der Waals surface area contributed by atoms with E-state index in [9.17, 15) is 0 Å². The van der Waals surface area contributed by atoms with E-state index in [1.54, 1.807) is 0 Å². The molecule has 1 aliphatic heterocycles. The molecule has 10 rings (SSSR count). The Labute approximate surface area is 331 Å². The van der Waals surface area contributed by atoms with E-state index in [1.165, 1.54) is 38.5 Å². The Bertz CT molecular complexity index is 2980. The van der Waals surface area contributed by atoms with Gasteiger partial charge in [0.05, 0.1) is 29.0 Å². The third kappa shape index (κ3) is 6.03. The molecule has 0 fully saturated rings. The summed E-state index contributed by atoms with van der Waals surface area (Å²) >= 11 is 0. The Balaban J connectivity index is 1.20. The fraction of sp³-hybridized carbons (Fsp3) is 0.0192. The number of hydrogen-bond donors (Lipinski definition) is 0. The average Bonchev–Trinajstić information content (AvgIpc) is 3.55. The van der Waals surface area contributed by atoms with E-state index in [0.29, 0.717) is 18.2 Å². The van der Waals surface area contributed by atoms with Crippen molar-refractivity contribution < 1.29 is 0 Å². The van der Waals surface area contributed by atoms with Crippen molar-refractivity contribution in [3.63, 3.8) is 0 Å². The molecule has 0 radical (unpaired) electrons. The minimum atomic E-state index is 0.439. The first-order valence-electron chi connectivity index (χ1n) is 19.2. The Kier molecular flexibility index (Phi) is 8.65. The molecule has 0 saturated carbocycles. The van der Waals surface area contributed by atoms with Gasteiger partial charge in [-0.1, -0.05) is 152 Å². The molecule has 5 heteroatoms. The lowest BCUT2D eigenvalue weighted by atomic mass is 9.92. The van der Waals surface area contributed by atoms with Gasteiger partial charge in [0.2, 0.25) is 0 Å². The van der Waals surface area contributed by atoms with Gasteiger partial charge in [0, 0.05) is 50.0 Å². The first kappa shape index (κ1) is 33.9. The van der Waals surface area contributed by atoms with Crippen LogP contribution in [-0.2, 0) is 6.54 Å². The minimum absolute atomic E-state index is 0.439. The van der Waals surface area contributed by atoms with Crippen LogP contribution in [0.2, 0.25) is 0 Å². The van der Waals surface area contributed by atoms with E-state index < -0.39 is 0 Å². The zero-order valence-corrected chi connectivity index (χ0v) is 31.2. The minimum Gasteiger partial charge on any atom is -0.309 e. The molecule has 57 heavy (non-hydrogen) atoms. The molecule has 0 unspecified atom stereocenters. The summed E-state index contributed by atoms with van der Waals surface area (Å²) in [4.78, 5) is 16.8. The molecule has 0 spiro atoms. The Morgan fingerprint density at radius 2 is 1.04 bits per heavy atom. The zero-order chi connectivity index (χ0) is 38.1. The summed E-state index contributed by atoms with van der Waals surface area (Å²) in [5.41, 5.74) is 14.5. The fourth-order valence-electron chi connectivity index (χ4n) is 8.18. The molecular weight excluding hydrogens is 695 g/mol. The van der Waals surface area contributed by atoms with Gasteiger partial charge in [-0.3, -0.25) is 4.99 Å². The topological polar surface area (TPSA) is 45.2 Å². The predicted octanol–water partition coefficient (Wildman–Crippen LogP) is 13.0. The normalized spacial score (nSPS) is 12.5. The second-order valence-electron chi connectivity index (χ2n) is 14.1. The van der Waals surface area contributed by atoms with Gasteiger partial charge in [-0.15, -0.1) is 0 Å². The number of benzene rings is 8. The lowest BCUT2D eigenvalue weighted by Crippen LogP contribution is -2.10. The number of aromatic nitrogens is 1. The quantitative estimate of drug-likeness (QED) is 0.124. The molecule has 0 atom stereocenters. The average molecular weight is 732 g/mol. The molecule has 0 bridgehead atoms. The summed E-state index contributed by atoms with van der Waals surface area (Å²) in [5.74, 6) is 1.14. The first-order valence-corrected chi connectivity index (χ1v) is 19.2. The van der Waals surface area contributed by atoms with Crippen molar-refractivity contribution in [3.8, 4) is 27.9 Å². The number of nitrogens with zero attached hydrogens (tertiary/aromatic N) is 5. The number of rotatable bonds is 6. The van der Waals surface area contributed by atoms with Gasteiger partial charge in [-0.05, 0) is 66.4 Å². The van der Waals surface area contributed by atoms with Gasteiger partial charge in [-0.2, -0.15) is 0 Å². The molecule has 0 saturated heterocycles. The van der Waals surface area contributed by atoms with Crippen molar-refractivity contribution in [1.82, 2.24) is 4.57 Å². The number of fused-ring (bicyclic) bond motifs is 9. The van der Waals surface area contributed by atoms with Gasteiger partial charge >= 0.3 is 0 Å². The zero-order valence-electron chi connectivity index (χ0n) is 31.2. The maximum Gasteiger partial charge on any atom is 0.161 e. The molecule has 0 amide bonds. The van der Waals surface area contributed by atoms with Gasteiger partial charge in [0.1, 0.15) is 0 Å². The lowest BCUT2D eigenvalue weighted by Gasteiger charge is -2.27. The molecule has 5 nitrogen and oxygen atoms in total. The third-order valence-corrected chi connectivity index (χ3v) is 10.7. The van der Waals surface area contributed by atoms with Crippen LogP contribution in [0.4, 0.5) is 17.1 Å². The number of hydrogen-bond acceptors (Lipinski definition) is 2. The summed E-state index contributed by atoms with van der Waals surface area (Å²) in [6.45, 7) is 4.27. The number of anilines is 3. The monoisotopic (exact) mass is 731 g/mol. The predicted molar refractivity (Wildman–Crippen MR) is 239 cm³/mol. The maximum absolute atomic E-state index is 5.13. The van der Waals surface area contributed by atoms with Crippen molar-refractivity contribution in [2.24, 2.45) is 15.0 Å².